The molecule has 0 fully saturated rings. The summed E-state index contributed by atoms with van der Waals surface area (Å²) in [5, 5.41) is 1.13. The molecule has 0 aliphatic heterocycles. The number of pyridine rings is 2. The first-order chi connectivity index (χ1) is 14.2. The molecule has 2 radical (unpaired) electrons. The quantitative estimate of drug-likeness (QED) is 0.197. The first kappa shape index (κ1) is 21.1. The van der Waals surface area contributed by atoms with Crippen LogP contribution in [0.3, 0.4) is 0 Å². The number of rotatable bonds is 4. The third-order valence-corrected chi connectivity index (χ3v) is 6.05. The predicted octanol–water partition coefficient (Wildman–Crippen LogP) is 6.99. The van der Waals surface area contributed by atoms with Crippen LogP contribution < -0.4 is 0 Å². The SMILES string of the molecule is Brc1ccnc(-c2[c-]c([CH]c3cccc(-c4[c-]c5ccccc5s4)n3)ccc2)c1.[Ir]. The zero-order chi connectivity index (χ0) is 19.6. The summed E-state index contributed by atoms with van der Waals surface area (Å²) in [5.41, 5.74) is 4.63. The zero-order valence-corrected chi connectivity index (χ0v) is 20.4. The fourth-order valence-corrected chi connectivity index (χ4v) is 4.43. The summed E-state index contributed by atoms with van der Waals surface area (Å²) in [6, 6.07) is 31.2. The second kappa shape index (κ2) is 9.32. The monoisotopic (exact) mass is 646 g/mol. The number of hydrogen-bond acceptors (Lipinski definition) is 3. The minimum absolute atomic E-state index is 0. The molecule has 0 spiro atoms. The van der Waals surface area contributed by atoms with Crippen LogP contribution in [0.25, 0.3) is 31.9 Å². The average molecular weight is 647 g/mol. The summed E-state index contributed by atoms with van der Waals surface area (Å²) in [7, 11) is 0. The van der Waals surface area contributed by atoms with Gasteiger partial charge in [0, 0.05) is 48.6 Å². The Morgan fingerprint density at radius 2 is 1.73 bits per heavy atom. The average Bonchev–Trinajstić information content (AvgIpc) is 3.19. The predicted molar refractivity (Wildman–Crippen MR) is 123 cm³/mol. The van der Waals surface area contributed by atoms with Crippen molar-refractivity contribution in [1.29, 1.82) is 0 Å². The van der Waals surface area contributed by atoms with Crippen molar-refractivity contribution in [2.75, 3.05) is 0 Å². The van der Waals surface area contributed by atoms with Crippen LogP contribution in [0.4, 0.5) is 0 Å². The summed E-state index contributed by atoms with van der Waals surface area (Å²) >= 11 is 5.21. The van der Waals surface area contributed by atoms with Gasteiger partial charge in [-0.1, -0.05) is 46.3 Å². The van der Waals surface area contributed by atoms with Gasteiger partial charge in [0.1, 0.15) is 0 Å². The molecule has 0 atom stereocenters. The van der Waals surface area contributed by atoms with Crippen molar-refractivity contribution in [3.8, 4) is 21.8 Å². The number of thiophene rings is 1. The molecule has 5 aromatic rings. The number of hydrogen-bond donors (Lipinski definition) is 0. The number of halogens is 1. The number of fused-ring (bicyclic) bond motifs is 1. The third kappa shape index (κ3) is 4.60. The van der Waals surface area contributed by atoms with E-state index >= 15 is 0 Å². The molecule has 5 heteroatoms. The summed E-state index contributed by atoms with van der Waals surface area (Å²) in [4.78, 5) is 10.3. The van der Waals surface area contributed by atoms with E-state index in [-0.39, 0.29) is 20.1 Å². The van der Waals surface area contributed by atoms with Crippen LogP contribution in [0, 0.1) is 18.6 Å². The van der Waals surface area contributed by atoms with Gasteiger partial charge in [-0.25, -0.2) is 11.3 Å². The van der Waals surface area contributed by atoms with Crippen molar-refractivity contribution < 1.29 is 20.1 Å². The van der Waals surface area contributed by atoms with Crippen molar-refractivity contribution >= 4 is 37.4 Å². The smallest absolute Gasteiger partial charge is 0.0366 e. The Hall–Kier alpha value is -2.17. The van der Waals surface area contributed by atoms with Gasteiger partial charge in [-0.15, -0.1) is 59.0 Å². The van der Waals surface area contributed by atoms with Gasteiger partial charge in [-0.05, 0) is 27.4 Å². The molecule has 0 saturated carbocycles. The summed E-state index contributed by atoms with van der Waals surface area (Å²) in [6.45, 7) is 0. The molecule has 0 saturated heterocycles. The zero-order valence-electron chi connectivity index (χ0n) is 15.6. The van der Waals surface area contributed by atoms with Gasteiger partial charge < -0.3 is 4.98 Å². The van der Waals surface area contributed by atoms with E-state index in [9.17, 15) is 0 Å². The van der Waals surface area contributed by atoms with Gasteiger partial charge in [-0.2, -0.15) is 0 Å². The minimum atomic E-state index is 0. The summed E-state index contributed by atoms with van der Waals surface area (Å²) in [5.74, 6) is 0. The molecule has 2 nitrogen and oxygen atoms in total. The normalized spacial score (nSPS) is 10.7. The molecular formula is C25H14BrIrN2S-2. The van der Waals surface area contributed by atoms with Gasteiger partial charge in [0.2, 0.25) is 0 Å². The Bertz CT molecular complexity index is 1280. The van der Waals surface area contributed by atoms with Crippen LogP contribution in [0.1, 0.15) is 11.3 Å². The van der Waals surface area contributed by atoms with E-state index in [0.29, 0.717) is 0 Å². The molecule has 0 aliphatic rings. The van der Waals surface area contributed by atoms with E-state index in [1.165, 1.54) is 4.70 Å². The van der Waals surface area contributed by atoms with Gasteiger partial charge in [0.05, 0.1) is 0 Å². The maximum Gasteiger partial charge on any atom is 0.0366 e. The number of aromatic nitrogens is 2. The largest absolute Gasteiger partial charge is 0.305 e. The molecule has 2 aromatic carbocycles. The molecule has 0 amide bonds. The summed E-state index contributed by atoms with van der Waals surface area (Å²) in [6.07, 6.45) is 3.83. The minimum Gasteiger partial charge on any atom is -0.305 e. The first-order valence-electron chi connectivity index (χ1n) is 9.12. The molecule has 0 aliphatic carbocycles. The van der Waals surface area contributed by atoms with Crippen molar-refractivity contribution in [2.24, 2.45) is 0 Å². The molecule has 0 unspecified atom stereocenters. The third-order valence-electron chi connectivity index (χ3n) is 4.47. The van der Waals surface area contributed by atoms with Crippen LogP contribution >= 0.6 is 27.3 Å². The van der Waals surface area contributed by atoms with E-state index in [1.54, 1.807) is 17.5 Å². The van der Waals surface area contributed by atoms with Crippen LogP contribution in [-0.4, -0.2) is 9.97 Å². The van der Waals surface area contributed by atoms with Crippen molar-refractivity contribution in [2.45, 2.75) is 0 Å². The molecule has 5 rings (SSSR count). The van der Waals surface area contributed by atoms with Crippen molar-refractivity contribution in [3.05, 3.63) is 113 Å². The maximum atomic E-state index is 4.83. The standard InChI is InChI=1S/C25H14BrN2S.Ir/c26-20-11-12-27-23(16-20)18-7-3-5-17(13-18)14-21-8-4-9-22(28-21)25-15-19-6-1-2-10-24(19)29-25;/h1-12,14,16H;/q-2;. The Kier molecular flexibility index (Phi) is 6.55. The Labute approximate surface area is 201 Å². The second-order valence-corrected chi connectivity index (χ2v) is 8.49. The van der Waals surface area contributed by atoms with Gasteiger partial charge in [0.15, 0.2) is 0 Å². The van der Waals surface area contributed by atoms with Crippen molar-refractivity contribution in [3.63, 3.8) is 0 Å². The van der Waals surface area contributed by atoms with Gasteiger partial charge >= 0.3 is 0 Å². The summed E-state index contributed by atoms with van der Waals surface area (Å²) < 4.78 is 2.22. The number of nitrogens with zero attached hydrogens (tertiary/aromatic N) is 2. The molecule has 0 bridgehead atoms. The van der Waals surface area contributed by atoms with Gasteiger partial charge in [-0.3, -0.25) is 4.98 Å². The fraction of sp³-hybridized carbons (Fsp3) is 0. The van der Waals surface area contributed by atoms with Crippen molar-refractivity contribution in [1.82, 2.24) is 9.97 Å². The van der Waals surface area contributed by atoms with E-state index in [0.717, 1.165) is 42.9 Å². The molecule has 30 heavy (non-hydrogen) atoms. The molecule has 3 heterocycles. The Morgan fingerprint density at radius 1 is 0.867 bits per heavy atom. The van der Waals surface area contributed by atoms with E-state index in [4.69, 9.17) is 4.98 Å². The topological polar surface area (TPSA) is 25.8 Å². The Morgan fingerprint density at radius 3 is 2.60 bits per heavy atom. The van der Waals surface area contributed by atoms with Crippen LogP contribution in [-0.2, 0) is 20.1 Å². The van der Waals surface area contributed by atoms with E-state index in [1.807, 2.05) is 61.0 Å². The van der Waals surface area contributed by atoms with Crippen LogP contribution in [0.2, 0.25) is 0 Å². The fourth-order valence-electron chi connectivity index (χ4n) is 3.12. The Balaban J connectivity index is 0.00000218. The van der Waals surface area contributed by atoms with Gasteiger partial charge in [0.25, 0.3) is 0 Å². The molecular weight excluding hydrogens is 632 g/mol. The molecule has 3 aromatic heterocycles. The maximum absolute atomic E-state index is 4.83. The molecule has 148 valence electrons. The van der Waals surface area contributed by atoms with E-state index in [2.05, 4.69) is 51.2 Å². The number of benzene rings is 2. The van der Waals surface area contributed by atoms with Crippen LogP contribution in [0.15, 0.2) is 83.5 Å². The first-order valence-corrected chi connectivity index (χ1v) is 10.7. The van der Waals surface area contributed by atoms with E-state index < -0.39 is 0 Å². The van der Waals surface area contributed by atoms with Crippen LogP contribution in [0.5, 0.6) is 0 Å². The molecule has 0 N–H and O–H groups in total. The second-order valence-electron chi connectivity index (χ2n) is 6.52.